The normalized spacial score (nSPS) is 23.2. The van der Waals surface area contributed by atoms with Crippen LogP contribution in [0.3, 0.4) is 0 Å². The van der Waals surface area contributed by atoms with Crippen LogP contribution in [0.4, 0.5) is 0 Å². The summed E-state index contributed by atoms with van der Waals surface area (Å²) < 4.78 is 0. The first kappa shape index (κ1) is 15.7. The molecule has 0 fully saturated rings. The zero-order valence-electron chi connectivity index (χ0n) is 15.9. The fourth-order valence-corrected chi connectivity index (χ4v) is 5.03. The largest absolute Gasteiger partial charge is 0.0587 e. The maximum absolute atomic E-state index is 2.42. The minimum Gasteiger partial charge on any atom is -0.0587 e. The van der Waals surface area contributed by atoms with Crippen LogP contribution in [0.5, 0.6) is 0 Å². The molecule has 4 rings (SSSR count). The summed E-state index contributed by atoms with van der Waals surface area (Å²) in [5.41, 5.74) is 12.4. The van der Waals surface area contributed by atoms with Crippen molar-refractivity contribution in [3.63, 3.8) is 0 Å². The van der Waals surface area contributed by atoms with Gasteiger partial charge in [0.1, 0.15) is 0 Å². The van der Waals surface area contributed by atoms with Crippen molar-refractivity contribution in [2.24, 2.45) is 10.8 Å². The predicted octanol–water partition coefficient (Wildman–Crippen LogP) is 6.38. The second-order valence-corrected chi connectivity index (χ2v) is 9.19. The Hall–Kier alpha value is -1.82. The minimum absolute atomic E-state index is 0.204. The Morgan fingerprint density at radius 3 is 1.38 bits per heavy atom. The summed E-state index contributed by atoms with van der Waals surface area (Å²) in [6.45, 7) is 14.1. The Morgan fingerprint density at radius 1 is 0.625 bits per heavy atom. The van der Waals surface area contributed by atoms with Crippen molar-refractivity contribution in [1.29, 1.82) is 0 Å². The average Bonchev–Trinajstić information content (AvgIpc) is 2.85. The van der Waals surface area contributed by atoms with Gasteiger partial charge in [-0.15, -0.1) is 0 Å². The molecule has 124 valence electrons. The highest BCUT2D eigenvalue weighted by molar-refractivity contribution is 6.00. The molecule has 0 heterocycles. The highest BCUT2D eigenvalue weighted by Crippen LogP contribution is 2.57. The molecule has 0 heteroatoms. The average molecular weight is 316 g/mol. The van der Waals surface area contributed by atoms with Crippen LogP contribution in [0.15, 0.2) is 36.4 Å². The summed E-state index contributed by atoms with van der Waals surface area (Å²) in [7, 11) is 0. The lowest BCUT2D eigenvalue weighted by Gasteiger charge is -2.30. The van der Waals surface area contributed by atoms with E-state index < -0.39 is 0 Å². The lowest BCUT2D eigenvalue weighted by Crippen LogP contribution is -2.17. The number of hydrogen-bond donors (Lipinski definition) is 0. The fourth-order valence-electron chi connectivity index (χ4n) is 5.03. The van der Waals surface area contributed by atoms with E-state index in [0.717, 1.165) is 12.8 Å². The molecule has 0 saturated carbocycles. The summed E-state index contributed by atoms with van der Waals surface area (Å²) in [5.74, 6) is 0. The third-order valence-corrected chi connectivity index (χ3v) is 5.93. The minimum atomic E-state index is 0.204. The molecule has 0 radical (unpaired) electrons. The molecule has 0 N–H and O–H groups in total. The fraction of sp³-hybridized carbons (Fsp3) is 0.417. The molecule has 0 aliphatic heterocycles. The van der Waals surface area contributed by atoms with Crippen LogP contribution < -0.4 is 0 Å². The highest BCUT2D eigenvalue weighted by Gasteiger charge is 2.43. The van der Waals surface area contributed by atoms with Gasteiger partial charge >= 0.3 is 0 Å². The Bertz CT molecular complexity index is 801. The number of fused-ring (bicyclic) bond motifs is 2. The topological polar surface area (TPSA) is 0 Å². The molecule has 0 saturated heterocycles. The van der Waals surface area contributed by atoms with Gasteiger partial charge in [0.25, 0.3) is 0 Å². The predicted molar refractivity (Wildman–Crippen MR) is 104 cm³/mol. The second kappa shape index (κ2) is 4.85. The van der Waals surface area contributed by atoms with E-state index in [2.05, 4.69) is 77.9 Å². The summed E-state index contributed by atoms with van der Waals surface area (Å²) in [5, 5.41) is 0. The van der Waals surface area contributed by atoms with Gasteiger partial charge in [-0.05, 0) is 70.9 Å². The Morgan fingerprint density at radius 2 is 1.00 bits per heavy atom. The Balaban J connectivity index is 2.06. The molecule has 2 aliphatic carbocycles. The molecular formula is C24H28. The van der Waals surface area contributed by atoms with E-state index in [0.29, 0.717) is 0 Å². The smallest absolute Gasteiger partial charge is 0.00538 e. The van der Waals surface area contributed by atoms with Gasteiger partial charge in [-0.2, -0.15) is 0 Å². The van der Waals surface area contributed by atoms with Gasteiger partial charge in [0.05, 0.1) is 0 Å². The molecule has 0 amide bonds. The van der Waals surface area contributed by atoms with E-state index in [1.54, 1.807) is 11.1 Å². The van der Waals surface area contributed by atoms with E-state index in [1.165, 1.54) is 33.4 Å². The Labute approximate surface area is 146 Å². The number of benzene rings is 2. The van der Waals surface area contributed by atoms with Crippen LogP contribution in [0.25, 0.3) is 11.1 Å². The van der Waals surface area contributed by atoms with E-state index in [4.69, 9.17) is 0 Å². The Kier molecular flexibility index (Phi) is 3.17. The van der Waals surface area contributed by atoms with Gasteiger partial charge in [0, 0.05) is 0 Å². The summed E-state index contributed by atoms with van der Waals surface area (Å²) in [6, 6.07) is 14.1. The molecule has 2 aliphatic rings. The number of allylic oxidation sites excluding steroid dienone is 2. The van der Waals surface area contributed by atoms with Crippen molar-refractivity contribution in [2.45, 2.75) is 54.4 Å². The molecular weight excluding hydrogens is 288 g/mol. The van der Waals surface area contributed by atoms with Gasteiger partial charge in [-0.1, -0.05) is 75.2 Å². The first-order valence-corrected chi connectivity index (χ1v) is 9.14. The van der Waals surface area contributed by atoms with Gasteiger partial charge in [-0.3, -0.25) is 0 Å². The quantitative estimate of drug-likeness (QED) is 0.529. The van der Waals surface area contributed by atoms with E-state index >= 15 is 0 Å². The van der Waals surface area contributed by atoms with Crippen LogP contribution in [-0.4, -0.2) is 0 Å². The van der Waals surface area contributed by atoms with Gasteiger partial charge in [0.15, 0.2) is 0 Å². The summed E-state index contributed by atoms with van der Waals surface area (Å²) in [4.78, 5) is 0. The maximum atomic E-state index is 2.42. The van der Waals surface area contributed by atoms with Crippen molar-refractivity contribution in [3.05, 3.63) is 69.8 Å². The lowest BCUT2D eigenvalue weighted by molar-refractivity contribution is 0.495. The zero-order chi connectivity index (χ0) is 17.3. The molecule has 0 nitrogen and oxygen atoms in total. The van der Waals surface area contributed by atoms with Crippen LogP contribution in [0.1, 0.15) is 61.1 Å². The molecule has 0 atom stereocenters. The molecule has 0 unspecified atom stereocenters. The first-order chi connectivity index (χ1) is 11.2. The van der Waals surface area contributed by atoms with Crippen molar-refractivity contribution in [3.8, 4) is 0 Å². The van der Waals surface area contributed by atoms with Gasteiger partial charge in [-0.25, -0.2) is 0 Å². The molecule has 2 aromatic carbocycles. The highest BCUT2D eigenvalue weighted by atomic mass is 14.5. The van der Waals surface area contributed by atoms with Crippen LogP contribution in [0, 0.1) is 24.7 Å². The number of rotatable bonds is 0. The van der Waals surface area contributed by atoms with E-state index in [-0.39, 0.29) is 10.8 Å². The van der Waals surface area contributed by atoms with Gasteiger partial charge in [0.2, 0.25) is 0 Å². The maximum Gasteiger partial charge on any atom is -0.00538 e. The standard InChI is InChI=1S/C24H28/c1-15-7-9-19-17(11-15)13-23(3,4)21(19)22-20-10-8-16(2)12-18(20)14-24(22,5)6/h7-12H,13-14H2,1-6H3/b22-21+. The van der Waals surface area contributed by atoms with Crippen molar-refractivity contribution in [2.75, 3.05) is 0 Å². The van der Waals surface area contributed by atoms with E-state index in [1.807, 2.05) is 0 Å². The van der Waals surface area contributed by atoms with Crippen molar-refractivity contribution < 1.29 is 0 Å². The molecule has 0 bridgehead atoms. The molecule has 2 aromatic rings. The third kappa shape index (κ3) is 2.19. The number of hydrogen-bond acceptors (Lipinski definition) is 0. The zero-order valence-corrected chi connectivity index (χ0v) is 15.9. The molecule has 0 spiro atoms. The van der Waals surface area contributed by atoms with Crippen molar-refractivity contribution >= 4 is 11.1 Å². The van der Waals surface area contributed by atoms with Crippen LogP contribution in [0.2, 0.25) is 0 Å². The first-order valence-electron chi connectivity index (χ1n) is 9.14. The van der Waals surface area contributed by atoms with Crippen LogP contribution in [-0.2, 0) is 12.8 Å². The molecule has 0 aromatic heterocycles. The van der Waals surface area contributed by atoms with E-state index in [9.17, 15) is 0 Å². The van der Waals surface area contributed by atoms with Gasteiger partial charge < -0.3 is 0 Å². The summed E-state index contributed by atoms with van der Waals surface area (Å²) in [6.07, 6.45) is 2.31. The lowest BCUT2D eigenvalue weighted by atomic mass is 9.74. The van der Waals surface area contributed by atoms with Crippen molar-refractivity contribution in [1.82, 2.24) is 0 Å². The second-order valence-electron chi connectivity index (χ2n) is 9.19. The summed E-state index contributed by atoms with van der Waals surface area (Å²) >= 11 is 0. The monoisotopic (exact) mass is 316 g/mol. The SMILES string of the molecule is Cc1ccc2c(c1)CC(C)(C)/C2=C1\c2ccc(C)cc2CC1(C)C. The third-order valence-electron chi connectivity index (χ3n) is 5.93. The molecule has 24 heavy (non-hydrogen) atoms. The van der Waals surface area contributed by atoms with Crippen LogP contribution >= 0.6 is 0 Å². The number of aryl methyl sites for hydroxylation is 2.